The Morgan fingerprint density at radius 3 is 2.44 bits per heavy atom. The van der Waals surface area contributed by atoms with Gasteiger partial charge in [0, 0.05) is 41.7 Å². The normalized spacial score (nSPS) is 22.7. The Bertz CT molecular complexity index is 1760. The molecule has 1 saturated heterocycles. The number of hydrogen-bond donors (Lipinski definition) is 3. The Balaban J connectivity index is 1.28. The molecule has 242 valence electrons. The summed E-state index contributed by atoms with van der Waals surface area (Å²) in [5.41, 5.74) is 6.44. The summed E-state index contributed by atoms with van der Waals surface area (Å²) in [6.07, 6.45) is 5.37. The van der Waals surface area contributed by atoms with E-state index in [1.807, 2.05) is 13.8 Å². The fourth-order valence-corrected chi connectivity index (χ4v) is 9.63. The summed E-state index contributed by atoms with van der Waals surface area (Å²) in [4.78, 5) is 27.6. The number of likely N-dealkylation sites (tertiary alicyclic amines) is 1. The maximum atomic E-state index is 15.7. The topological polar surface area (TPSA) is 127 Å². The van der Waals surface area contributed by atoms with Gasteiger partial charge >= 0.3 is 0 Å². The highest BCUT2D eigenvalue weighted by atomic mass is 32.2. The van der Waals surface area contributed by atoms with Gasteiger partial charge in [0.15, 0.2) is 0 Å². The summed E-state index contributed by atoms with van der Waals surface area (Å²) in [5.74, 6) is -2.51. The fraction of sp³-hybridized carbons (Fsp3) is 0.515. The summed E-state index contributed by atoms with van der Waals surface area (Å²) >= 11 is 0. The first kappa shape index (κ1) is 31.5. The number of amides is 2. The first-order chi connectivity index (χ1) is 21.3. The van der Waals surface area contributed by atoms with Crippen molar-refractivity contribution in [1.29, 1.82) is 0 Å². The van der Waals surface area contributed by atoms with E-state index in [4.69, 9.17) is 5.73 Å². The molecular weight excluding hydrogens is 600 g/mol. The fourth-order valence-electron chi connectivity index (χ4n) is 7.47. The smallest absolute Gasteiger partial charge is 0.253 e. The molecule has 2 aliphatic heterocycles. The van der Waals surface area contributed by atoms with Crippen LogP contribution in [0.25, 0.3) is 22.0 Å². The van der Waals surface area contributed by atoms with Crippen molar-refractivity contribution in [1.82, 2.24) is 14.2 Å². The van der Waals surface area contributed by atoms with Crippen LogP contribution >= 0.6 is 0 Å². The highest BCUT2D eigenvalue weighted by Gasteiger charge is 2.39. The SMILES string of the molecule is CC1(C)Cc2c(-c3cc(F)c(C(N)=O)c(N[C@H]4CC[C@H](C(=O)NCCN5CCCC5)CC4)c3)c3ccc(F)cc3n2S(=O)(=O)C1. The highest BCUT2D eigenvalue weighted by Crippen LogP contribution is 2.44. The zero-order valence-corrected chi connectivity index (χ0v) is 26.6. The lowest BCUT2D eigenvalue weighted by atomic mass is 9.85. The van der Waals surface area contributed by atoms with E-state index in [1.165, 1.54) is 41.1 Å². The molecule has 0 radical (unpaired) electrons. The number of carbonyl (C=O) groups excluding carboxylic acids is 2. The second-order valence-corrected chi connectivity index (χ2v) is 15.4. The van der Waals surface area contributed by atoms with Crippen molar-refractivity contribution in [3.05, 3.63) is 53.2 Å². The minimum absolute atomic E-state index is 0.0539. The number of benzene rings is 2. The van der Waals surface area contributed by atoms with Gasteiger partial charge in [0.2, 0.25) is 15.9 Å². The van der Waals surface area contributed by atoms with E-state index in [0.717, 1.165) is 19.6 Å². The molecule has 0 atom stereocenters. The average molecular weight is 642 g/mol. The number of hydrogen-bond acceptors (Lipinski definition) is 6. The summed E-state index contributed by atoms with van der Waals surface area (Å²) in [5, 5.41) is 6.87. The van der Waals surface area contributed by atoms with Crippen molar-refractivity contribution in [2.45, 2.75) is 64.8 Å². The zero-order chi connectivity index (χ0) is 32.1. The third kappa shape index (κ3) is 6.31. The van der Waals surface area contributed by atoms with Crippen LogP contribution < -0.4 is 16.4 Å². The molecule has 1 aromatic heterocycles. The number of carbonyl (C=O) groups is 2. The lowest BCUT2D eigenvalue weighted by molar-refractivity contribution is -0.126. The van der Waals surface area contributed by atoms with Crippen LogP contribution in [0.3, 0.4) is 0 Å². The molecule has 12 heteroatoms. The van der Waals surface area contributed by atoms with Crippen molar-refractivity contribution in [2.24, 2.45) is 17.1 Å². The Morgan fingerprint density at radius 1 is 1.04 bits per heavy atom. The first-order valence-electron chi connectivity index (χ1n) is 15.8. The van der Waals surface area contributed by atoms with Crippen LogP contribution in [0.1, 0.15) is 68.4 Å². The van der Waals surface area contributed by atoms with E-state index in [0.29, 0.717) is 60.9 Å². The van der Waals surface area contributed by atoms with Crippen LogP contribution in [0.2, 0.25) is 0 Å². The minimum Gasteiger partial charge on any atom is -0.382 e. The van der Waals surface area contributed by atoms with Gasteiger partial charge in [-0.3, -0.25) is 9.59 Å². The van der Waals surface area contributed by atoms with E-state index in [2.05, 4.69) is 15.5 Å². The van der Waals surface area contributed by atoms with Gasteiger partial charge in [-0.05, 0) is 99.3 Å². The van der Waals surface area contributed by atoms with Crippen molar-refractivity contribution >= 4 is 38.4 Å². The number of nitrogens with zero attached hydrogens (tertiary/aromatic N) is 2. The number of rotatable bonds is 8. The van der Waals surface area contributed by atoms with Gasteiger partial charge in [-0.2, -0.15) is 0 Å². The molecule has 0 spiro atoms. The maximum absolute atomic E-state index is 15.7. The zero-order valence-electron chi connectivity index (χ0n) is 25.8. The number of halogens is 2. The molecule has 6 rings (SSSR count). The van der Waals surface area contributed by atoms with Crippen molar-refractivity contribution in [3.63, 3.8) is 0 Å². The molecule has 2 fully saturated rings. The first-order valence-corrected chi connectivity index (χ1v) is 17.4. The maximum Gasteiger partial charge on any atom is 0.253 e. The van der Waals surface area contributed by atoms with Crippen molar-refractivity contribution < 1.29 is 26.8 Å². The molecule has 2 amide bonds. The molecule has 3 aromatic rings. The Kier molecular flexibility index (Phi) is 8.40. The van der Waals surface area contributed by atoms with Crippen LogP contribution in [-0.4, -0.2) is 67.1 Å². The number of primary amides is 1. The Labute approximate surface area is 262 Å². The Hall–Kier alpha value is -3.51. The Morgan fingerprint density at radius 2 is 1.76 bits per heavy atom. The molecule has 2 aromatic carbocycles. The van der Waals surface area contributed by atoms with E-state index in [-0.39, 0.29) is 40.4 Å². The van der Waals surface area contributed by atoms with Crippen LogP contribution in [0.4, 0.5) is 14.5 Å². The molecule has 0 bridgehead atoms. The van der Waals surface area contributed by atoms with Crippen LogP contribution in [-0.2, 0) is 21.2 Å². The number of fused-ring (bicyclic) bond motifs is 3. The quantitative estimate of drug-likeness (QED) is 0.330. The predicted octanol–water partition coefficient (Wildman–Crippen LogP) is 4.63. The summed E-state index contributed by atoms with van der Waals surface area (Å²) in [6.45, 7) is 7.36. The van der Waals surface area contributed by atoms with Crippen LogP contribution in [0, 0.1) is 23.0 Å². The molecule has 4 N–H and O–H groups in total. The lowest BCUT2D eigenvalue weighted by Crippen LogP contribution is -2.39. The third-order valence-corrected chi connectivity index (χ3v) is 11.6. The second kappa shape index (κ2) is 12.0. The van der Waals surface area contributed by atoms with Gasteiger partial charge in [-0.25, -0.2) is 21.2 Å². The van der Waals surface area contributed by atoms with Gasteiger partial charge in [0.25, 0.3) is 5.91 Å². The molecule has 0 unspecified atom stereocenters. The van der Waals surface area contributed by atoms with E-state index >= 15 is 4.39 Å². The molecule has 1 saturated carbocycles. The summed E-state index contributed by atoms with van der Waals surface area (Å²) in [7, 11) is -3.84. The van der Waals surface area contributed by atoms with E-state index in [1.54, 1.807) is 6.07 Å². The molecule has 45 heavy (non-hydrogen) atoms. The molecule has 9 nitrogen and oxygen atoms in total. The number of nitrogens with one attached hydrogen (secondary N) is 2. The van der Waals surface area contributed by atoms with Crippen molar-refractivity contribution in [3.8, 4) is 11.1 Å². The van der Waals surface area contributed by atoms with Gasteiger partial charge in [-0.1, -0.05) is 13.8 Å². The summed E-state index contributed by atoms with van der Waals surface area (Å²) in [6, 6.07) is 6.66. The summed E-state index contributed by atoms with van der Waals surface area (Å²) < 4.78 is 58.2. The highest BCUT2D eigenvalue weighted by molar-refractivity contribution is 7.90. The van der Waals surface area contributed by atoms with Crippen molar-refractivity contribution in [2.75, 3.05) is 37.2 Å². The predicted molar refractivity (Wildman–Crippen MR) is 171 cm³/mol. The number of nitrogens with two attached hydrogens (primary N) is 1. The molecule has 3 aliphatic rings. The van der Waals surface area contributed by atoms with Gasteiger partial charge in [0.05, 0.1) is 22.5 Å². The van der Waals surface area contributed by atoms with E-state index in [9.17, 15) is 22.4 Å². The monoisotopic (exact) mass is 641 g/mol. The van der Waals surface area contributed by atoms with Gasteiger partial charge in [-0.15, -0.1) is 0 Å². The lowest BCUT2D eigenvalue weighted by Gasteiger charge is -2.32. The van der Waals surface area contributed by atoms with Crippen LogP contribution in [0.5, 0.6) is 0 Å². The second-order valence-electron chi connectivity index (χ2n) is 13.6. The largest absolute Gasteiger partial charge is 0.382 e. The molecular formula is C33H41F2N5O4S. The third-order valence-electron chi connectivity index (χ3n) is 9.49. The minimum atomic E-state index is -3.84. The van der Waals surface area contributed by atoms with Crippen LogP contribution in [0.15, 0.2) is 30.3 Å². The number of aromatic nitrogens is 1. The van der Waals surface area contributed by atoms with Gasteiger partial charge in [0.1, 0.15) is 11.6 Å². The van der Waals surface area contributed by atoms with E-state index < -0.39 is 33.0 Å². The average Bonchev–Trinajstić information content (AvgIpc) is 3.57. The van der Waals surface area contributed by atoms with Gasteiger partial charge < -0.3 is 21.3 Å². The number of anilines is 1. The standard InChI is InChI=1S/C33H41F2N5O4S/c1-33(2)18-28-29(24-10-7-22(34)17-27(24)40(28)45(43,44)19-33)21-15-25(35)30(31(36)41)26(16-21)38-23-8-5-20(6-9-23)32(42)37-11-14-39-12-3-4-13-39/h7,10,15-17,20,23,38H,3-6,8-9,11-14,18-19H2,1-2H3,(H2,36,41)(H,37,42)/t20-,23-. The molecule has 1 aliphatic carbocycles. The molecule has 3 heterocycles.